The van der Waals surface area contributed by atoms with Crippen LogP contribution in [0.3, 0.4) is 0 Å². The first-order valence-corrected chi connectivity index (χ1v) is 17.8. The zero-order valence-electron chi connectivity index (χ0n) is 30.5. The number of fused-ring (bicyclic) bond motifs is 6. The van der Waals surface area contributed by atoms with E-state index in [1.54, 1.807) is 0 Å². The van der Waals surface area contributed by atoms with Gasteiger partial charge in [0.05, 0.1) is 5.69 Å². The van der Waals surface area contributed by atoms with Crippen LogP contribution in [0.2, 0.25) is 0 Å². The third-order valence-electron chi connectivity index (χ3n) is 11.4. The van der Waals surface area contributed by atoms with Crippen molar-refractivity contribution < 1.29 is 0 Å². The predicted molar refractivity (Wildman–Crippen MR) is 210 cm³/mol. The molecule has 2 aliphatic carbocycles. The molecule has 0 N–H and O–H groups in total. The maximum atomic E-state index is 2.50. The van der Waals surface area contributed by atoms with E-state index < -0.39 is 0 Å². The molecule has 0 atom stereocenters. The summed E-state index contributed by atoms with van der Waals surface area (Å²) in [6, 6.07) is 46.1. The van der Waals surface area contributed by atoms with Gasteiger partial charge in [0.2, 0.25) is 0 Å². The standard InChI is InChI=1S/C48H47N/c1-30-26-31(2)45-39-25-23-35(29-42(39)48(8,9)43(45)27-30)49(34-22-24-38-37-15-10-12-16-40(37)47(6,7)41(38)28-34)44-17-13-11-14-36(44)32-18-20-33(21-19-32)46(3,4)5/h10-29H,1-9H3. The van der Waals surface area contributed by atoms with Gasteiger partial charge in [-0.15, -0.1) is 0 Å². The lowest BCUT2D eigenvalue weighted by Crippen LogP contribution is -2.18. The third-order valence-corrected chi connectivity index (χ3v) is 11.4. The average Bonchev–Trinajstić information content (AvgIpc) is 3.44. The normalized spacial score (nSPS) is 15.0. The molecule has 0 saturated heterocycles. The Balaban J connectivity index is 1.35. The Morgan fingerprint density at radius 1 is 0.490 bits per heavy atom. The zero-order chi connectivity index (χ0) is 34.5. The van der Waals surface area contributed by atoms with Gasteiger partial charge in [0, 0.05) is 27.8 Å². The van der Waals surface area contributed by atoms with Crippen LogP contribution in [0.4, 0.5) is 17.1 Å². The van der Waals surface area contributed by atoms with Crippen molar-refractivity contribution in [1.82, 2.24) is 0 Å². The number of hydrogen-bond acceptors (Lipinski definition) is 1. The number of rotatable bonds is 4. The molecule has 1 nitrogen and oxygen atoms in total. The molecule has 0 unspecified atom stereocenters. The second kappa shape index (κ2) is 10.8. The van der Waals surface area contributed by atoms with E-state index in [0.717, 1.165) is 0 Å². The van der Waals surface area contributed by atoms with E-state index in [1.807, 2.05) is 0 Å². The Kier molecular flexibility index (Phi) is 6.93. The molecule has 1 heteroatoms. The fraction of sp³-hybridized carbons (Fsp3) is 0.250. The fourth-order valence-electron chi connectivity index (χ4n) is 8.69. The number of hydrogen-bond donors (Lipinski definition) is 0. The van der Waals surface area contributed by atoms with Crippen LogP contribution in [0.5, 0.6) is 0 Å². The lowest BCUT2D eigenvalue weighted by Gasteiger charge is -2.31. The number of anilines is 3. The summed E-state index contributed by atoms with van der Waals surface area (Å²) in [7, 11) is 0. The Morgan fingerprint density at radius 2 is 1.04 bits per heavy atom. The molecule has 6 aromatic rings. The lowest BCUT2D eigenvalue weighted by atomic mass is 9.81. The van der Waals surface area contributed by atoms with Crippen LogP contribution in [0, 0.1) is 13.8 Å². The first-order valence-electron chi connectivity index (χ1n) is 17.8. The van der Waals surface area contributed by atoms with Crippen LogP contribution in [-0.4, -0.2) is 0 Å². The van der Waals surface area contributed by atoms with Gasteiger partial charge in [-0.2, -0.15) is 0 Å². The molecule has 49 heavy (non-hydrogen) atoms. The molecular formula is C48H47N. The molecule has 0 amide bonds. The first kappa shape index (κ1) is 31.4. The highest BCUT2D eigenvalue weighted by atomic mass is 15.1. The molecular weight excluding hydrogens is 591 g/mol. The van der Waals surface area contributed by atoms with Crippen LogP contribution in [-0.2, 0) is 16.2 Å². The van der Waals surface area contributed by atoms with Gasteiger partial charge >= 0.3 is 0 Å². The van der Waals surface area contributed by atoms with Gasteiger partial charge in [-0.1, -0.05) is 145 Å². The molecule has 8 rings (SSSR count). The van der Waals surface area contributed by atoms with E-state index in [-0.39, 0.29) is 16.2 Å². The highest BCUT2D eigenvalue weighted by Gasteiger charge is 2.38. The third kappa shape index (κ3) is 4.81. The lowest BCUT2D eigenvalue weighted by molar-refractivity contribution is 0.590. The van der Waals surface area contributed by atoms with Crippen molar-refractivity contribution in [3.05, 3.63) is 160 Å². The van der Waals surface area contributed by atoms with Gasteiger partial charge in [0.25, 0.3) is 0 Å². The minimum absolute atomic E-state index is 0.0904. The summed E-state index contributed by atoms with van der Waals surface area (Å²) in [5, 5.41) is 0. The molecule has 244 valence electrons. The summed E-state index contributed by atoms with van der Waals surface area (Å²) < 4.78 is 0. The highest BCUT2D eigenvalue weighted by molar-refractivity contribution is 5.92. The molecule has 0 spiro atoms. The SMILES string of the molecule is Cc1cc(C)c2c(c1)C(C)(C)c1cc(N(c3ccc4c(c3)C(C)(C)c3ccccc3-4)c3ccccc3-c3ccc(C(C)(C)C)cc3)ccc1-2. The van der Waals surface area contributed by atoms with Gasteiger partial charge in [-0.3, -0.25) is 0 Å². The van der Waals surface area contributed by atoms with Gasteiger partial charge in [0.15, 0.2) is 0 Å². The summed E-state index contributed by atoms with van der Waals surface area (Å²) in [6.07, 6.45) is 0. The summed E-state index contributed by atoms with van der Waals surface area (Å²) in [4.78, 5) is 2.50. The summed E-state index contributed by atoms with van der Waals surface area (Å²) in [6.45, 7) is 20.9. The van der Waals surface area contributed by atoms with Crippen molar-refractivity contribution >= 4 is 17.1 Å². The molecule has 0 fully saturated rings. The molecule has 0 aromatic heterocycles. The van der Waals surface area contributed by atoms with Gasteiger partial charge in [-0.05, 0) is 111 Å². The van der Waals surface area contributed by atoms with Crippen molar-refractivity contribution in [3.8, 4) is 33.4 Å². The number of benzene rings is 6. The monoisotopic (exact) mass is 637 g/mol. The van der Waals surface area contributed by atoms with Crippen LogP contribution in [0.15, 0.2) is 121 Å². The minimum atomic E-state index is -0.104. The molecule has 0 heterocycles. The smallest absolute Gasteiger partial charge is 0.0540 e. The van der Waals surface area contributed by atoms with E-state index in [1.165, 1.54) is 89.4 Å². The summed E-state index contributed by atoms with van der Waals surface area (Å²) in [5.74, 6) is 0. The Hall–Kier alpha value is -4.88. The maximum absolute atomic E-state index is 2.50. The molecule has 2 aliphatic rings. The van der Waals surface area contributed by atoms with Crippen molar-refractivity contribution in [3.63, 3.8) is 0 Å². The van der Waals surface area contributed by atoms with Crippen molar-refractivity contribution in [2.75, 3.05) is 4.90 Å². The van der Waals surface area contributed by atoms with Gasteiger partial charge in [0.1, 0.15) is 0 Å². The van der Waals surface area contributed by atoms with Crippen LogP contribution >= 0.6 is 0 Å². The average molecular weight is 638 g/mol. The maximum Gasteiger partial charge on any atom is 0.0540 e. The van der Waals surface area contributed by atoms with E-state index in [0.29, 0.717) is 0 Å². The van der Waals surface area contributed by atoms with Gasteiger partial charge < -0.3 is 4.90 Å². The van der Waals surface area contributed by atoms with E-state index >= 15 is 0 Å². The fourth-order valence-corrected chi connectivity index (χ4v) is 8.69. The van der Waals surface area contributed by atoms with Crippen LogP contribution in [0.1, 0.15) is 87.4 Å². The summed E-state index contributed by atoms with van der Waals surface area (Å²) in [5.41, 5.74) is 21.0. The van der Waals surface area contributed by atoms with Crippen molar-refractivity contribution in [2.24, 2.45) is 0 Å². The Labute approximate surface area is 293 Å². The largest absolute Gasteiger partial charge is 0.310 e. The van der Waals surface area contributed by atoms with E-state index in [9.17, 15) is 0 Å². The highest BCUT2D eigenvalue weighted by Crippen LogP contribution is 2.54. The van der Waals surface area contributed by atoms with Crippen LogP contribution in [0.25, 0.3) is 33.4 Å². The predicted octanol–water partition coefficient (Wildman–Crippen LogP) is 13.4. The van der Waals surface area contributed by atoms with Crippen molar-refractivity contribution in [1.29, 1.82) is 0 Å². The van der Waals surface area contributed by atoms with Crippen LogP contribution < -0.4 is 4.90 Å². The number of para-hydroxylation sites is 1. The molecule has 0 radical (unpaired) electrons. The second-order valence-corrected chi connectivity index (χ2v) is 16.4. The quantitative estimate of drug-likeness (QED) is 0.186. The number of nitrogens with zero attached hydrogens (tertiary/aromatic N) is 1. The van der Waals surface area contributed by atoms with Crippen molar-refractivity contribution in [2.45, 2.75) is 78.6 Å². The van der Waals surface area contributed by atoms with Gasteiger partial charge in [-0.25, -0.2) is 0 Å². The molecule has 6 aromatic carbocycles. The second-order valence-electron chi connectivity index (χ2n) is 16.4. The first-order chi connectivity index (χ1) is 23.3. The molecule has 0 bridgehead atoms. The topological polar surface area (TPSA) is 3.24 Å². The zero-order valence-corrected chi connectivity index (χ0v) is 30.5. The number of aryl methyl sites for hydroxylation is 2. The molecule has 0 aliphatic heterocycles. The Morgan fingerprint density at radius 3 is 1.71 bits per heavy atom. The minimum Gasteiger partial charge on any atom is -0.310 e. The van der Waals surface area contributed by atoms with E-state index in [4.69, 9.17) is 0 Å². The molecule has 0 saturated carbocycles. The van der Waals surface area contributed by atoms with E-state index in [2.05, 4.69) is 189 Å². The Bertz CT molecular complexity index is 2270. The summed E-state index contributed by atoms with van der Waals surface area (Å²) >= 11 is 0.